The predicted molar refractivity (Wildman–Crippen MR) is 46.6 cm³/mol. The number of hydrogen-bond acceptors (Lipinski definition) is 4. The van der Waals surface area contributed by atoms with Crippen LogP contribution in [0.4, 0.5) is 0 Å². The van der Waals surface area contributed by atoms with E-state index in [0.29, 0.717) is 5.57 Å². The van der Waals surface area contributed by atoms with Gasteiger partial charge in [0.25, 0.3) is 0 Å². The van der Waals surface area contributed by atoms with Gasteiger partial charge in [0.15, 0.2) is 0 Å². The molecule has 0 aliphatic carbocycles. The summed E-state index contributed by atoms with van der Waals surface area (Å²) in [4.78, 5) is 18.5. The molecule has 0 radical (unpaired) electrons. The molecule has 0 atom stereocenters. The predicted octanol–water partition coefficient (Wildman–Crippen LogP) is 1.10. The van der Waals surface area contributed by atoms with Crippen LogP contribution in [0.15, 0.2) is 30.9 Å². The van der Waals surface area contributed by atoms with Crippen molar-refractivity contribution in [2.75, 3.05) is 0 Å². The number of carbonyl (C=O) groups excluding carboxylic acids is 1. The van der Waals surface area contributed by atoms with Crippen LogP contribution in [0.1, 0.15) is 12.5 Å². The van der Waals surface area contributed by atoms with Gasteiger partial charge >= 0.3 is 5.97 Å². The molecule has 0 fully saturated rings. The molecule has 0 N–H and O–H groups in total. The number of rotatable bonds is 3. The van der Waals surface area contributed by atoms with Crippen molar-refractivity contribution in [2.24, 2.45) is 0 Å². The van der Waals surface area contributed by atoms with Crippen molar-refractivity contribution in [3.63, 3.8) is 0 Å². The highest BCUT2D eigenvalue weighted by Crippen LogP contribution is 1.99. The Morgan fingerprint density at radius 1 is 1.54 bits per heavy atom. The number of carbonyl (C=O) groups is 1. The van der Waals surface area contributed by atoms with Crippen LogP contribution in [0, 0.1) is 0 Å². The molecule has 13 heavy (non-hydrogen) atoms. The van der Waals surface area contributed by atoms with Crippen molar-refractivity contribution in [1.82, 2.24) is 9.97 Å². The maximum absolute atomic E-state index is 11.0. The molecule has 1 aromatic rings. The van der Waals surface area contributed by atoms with Crippen LogP contribution in [0.5, 0.6) is 0 Å². The zero-order valence-corrected chi connectivity index (χ0v) is 7.36. The molecule has 0 aliphatic heterocycles. The molecule has 1 heterocycles. The Labute approximate surface area is 76.3 Å². The maximum atomic E-state index is 11.0. The van der Waals surface area contributed by atoms with Gasteiger partial charge in [-0.15, -0.1) is 0 Å². The first-order valence-electron chi connectivity index (χ1n) is 3.76. The Morgan fingerprint density at radius 3 is 2.69 bits per heavy atom. The lowest BCUT2D eigenvalue weighted by molar-refractivity contribution is -0.140. The minimum Gasteiger partial charge on any atom is -0.457 e. The molecule has 0 saturated carbocycles. The van der Waals surface area contributed by atoms with E-state index in [1.54, 1.807) is 19.3 Å². The second-order valence-electron chi connectivity index (χ2n) is 2.60. The van der Waals surface area contributed by atoms with Gasteiger partial charge < -0.3 is 4.74 Å². The minimum atomic E-state index is -0.399. The van der Waals surface area contributed by atoms with Crippen LogP contribution in [0.25, 0.3) is 0 Å². The average molecular weight is 178 g/mol. The molecule has 0 unspecified atom stereocenters. The summed E-state index contributed by atoms with van der Waals surface area (Å²) in [6, 6.07) is 0. The second kappa shape index (κ2) is 4.35. The van der Waals surface area contributed by atoms with E-state index in [1.165, 1.54) is 6.33 Å². The number of ether oxygens (including phenoxy) is 1. The van der Waals surface area contributed by atoms with Gasteiger partial charge in [0.1, 0.15) is 12.9 Å². The Hall–Kier alpha value is -1.71. The molecule has 0 bridgehead atoms. The van der Waals surface area contributed by atoms with Crippen molar-refractivity contribution < 1.29 is 9.53 Å². The third kappa shape index (κ3) is 3.02. The van der Waals surface area contributed by atoms with Crippen LogP contribution >= 0.6 is 0 Å². The molecule has 68 valence electrons. The first-order valence-corrected chi connectivity index (χ1v) is 3.76. The molecule has 0 amide bonds. The largest absolute Gasteiger partial charge is 0.457 e. The molecule has 1 rings (SSSR count). The van der Waals surface area contributed by atoms with Gasteiger partial charge in [-0.05, 0) is 6.92 Å². The number of nitrogens with zero attached hydrogens (tertiary/aromatic N) is 2. The van der Waals surface area contributed by atoms with Gasteiger partial charge in [-0.2, -0.15) is 0 Å². The second-order valence-corrected chi connectivity index (χ2v) is 2.60. The van der Waals surface area contributed by atoms with Gasteiger partial charge in [-0.3, -0.25) is 0 Å². The van der Waals surface area contributed by atoms with Crippen molar-refractivity contribution >= 4 is 5.97 Å². The summed E-state index contributed by atoms with van der Waals surface area (Å²) in [5.74, 6) is -0.399. The zero-order valence-electron chi connectivity index (χ0n) is 7.36. The van der Waals surface area contributed by atoms with Crippen molar-refractivity contribution in [2.45, 2.75) is 13.5 Å². The van der Waals surface area contributed by atoms with Crippen LogP contribution in [-0.4, -0.2) is 15.9 Å². The van der Waals surface area contributed by atoms with Crippen LogP contribution < -0.4 is 0 Å². The maximum Gasteiger partial charge on any atom is 0.333 e. The summed E-state index contributed by atoms with van der Waals surface area (Å²) in [5.41, 5.74) is 1.15. The number of hydrogen-bond donors (Lipinski definition) is 0. The smallest absolute Gasteiger partial charge is 0.333 e. The van der Waals surface area contributed by atoms with Crippen molar-refractivity contribution in [3.05, 3.63) is 36.4 Å². The monoisotopic (exact) mass is 178 g/mol. The van der Waals surface area contributed by atoms with Gasteiger partial charge in [-0.25, -0.2) is 14.8 Å². The summed E-state index contributed by atoms with van der Waals surface area (Å²) in [6.45, 7) is 5.25. The highest BCUT2D eigenvalue weighted by Gasteiger charge is 2.02. The summed E-state index contributed by atoms with van der Waals surface area (Å²) in [7, 11) is 0. The normalized spacial score (nSPS) is 9.31. The fourth-order valence-electron chi connectivity index (χ4n) is 0.677. The Kier molecular flexibility index (Phi) is 3.14. The summed E-state index contributed by atoms with van der Waals surface area (Å²) in [6.07, 6.45) is 4.61. The molecule has 4 nitrogen and oxygen atoms in total. The van der Waals surface area contributed by atoms with E-state index in [-0.39, 0.29) is 6.61 Å². The van der Waals surface area contributed by atoms with Crippen molar-refractivity contribution in [1.29, 1.82) is 0 Å². The highest BCUT2D eigenvalue weighted by molar-refractivity contribution is 5.86. The zero-order chi connectivity index (χ0) is 9.68. The standard InChI is InChI=1S/C9H10N2O2/c1-7(2)9(12)13-5-8-3-10-6-11-4-8/h3-4,6H,1,5H2,2H3. The quantitative estimate of drug-likeness (QED) is 0.513. The molecule has 0 aliphatic rings. The molecular weight excluding hydrogens is 168 g/mol. The highest BCUT2D eigenvalue weighted by atomic mass is 16.5. The van der Waals surface area contributed by atoms with Crippen molar-refractivity contribution in [3.8, 4) is 0 Å². The van der Waals surface area contributed by atoms with E-state index >= 15 is 0 Å². The third-order valence-electron chi connectivity index (χ3n) is 1.33. The fourth-order valence-corrected chi connectivity index (χ4v) is 0.677. The first kappa shape index (κ1) is 9.38. The topological polar surface area (TPSA) is 52.1 Å². The van der Waals surface area contributed by atoms with Gasteiger partial charge in [0, 0.05) is 23.5 Å². The van der Waals surface area contributed by atoms with E-state index in [9.17, 15) is 4.79 Å². The molecular formula is C9H10N2O2. The van der Waals surface area contributed by atoms with Gasteiger partial charge in [-0.1, -0.05) is 6.58 Å². The Balaban J connectivity index is 2.44. The van der Waals surface area contributed by atoms with Crippen LogP contribution in [0.2, 0.25) is 0 Å². The summed E-state index contributed by atoms with van der Waals surface area (Å²) in [5, 5.41) is 0. The van der Waals surface area contributed by atoms with E-state index in [1.807, 2.05) is 0 Å². The van der Waals surface area contributed by atoms with E-state index in [4.69, 9.17) is 4.74 Å². The third-order valence-corrected chi connectivity index (χ3v) is 1.33. The van der Waals surface area contributed by atoms with Crippen LogP contribution in [0.3, 0.4) is 0 Å². The van der Waals surface area contributed by atoms with E-state index in [2.05, 4.69) is 16.5 Å². The number of esters is 1. The lowest BCUT2D eigenvalue weighted by Gasteiger charge is -2.02. The van der Waals surface area contributed by atoms with Crippen LogP contribution in [-0.2, 0) is 16.1 Å². The summed E-state index contributed by atoms with van der Waals surface area (Å²) < 4.78 is 4.87. The number of aromatic nitrogens is 2. The molecule has 0 saturated heterocycles. The van der Waals surface area contributed by atoms with E-state index < -0.39 is 5.97 Å². The Morgan fingerprint density at radius 2 is 2.15 bits per heavy atom. The molecule has 1 aromatic heterocycles. The lowest BCUT2D eigenvalue weighted by atomic mass is 10.3. The molecule has 0 aromatic carbocycles. The van der Waals surface area contributed by atoms with E-state index in [0.717, 1.165) is 5.56 Å². The Bertz CT molecular complexity index is 309. The minimum absolute atomic E-state index is 0.187. The summed E-state index contributed by atoms with van der Waals surface area (Å²) >= 11 is 0. The SMILES string of the molecule is C=C(C)C(=O)OCc1cncnc1. The first-order chi connectivity index (χ1) is 6.20. The fraction of sp³-hybridized carbons (Fsp3) is 0.222. The lowest BCUT2D eigenvalue weighted by Crippen LogP contribution is -2.05. The average Bonchev–Trinajstić information content (AvgIpc) is 2.15. The van der Waals surface area contributed by atoms with Gasteiger partial charge in [0.2, 0.25) is 0 Å². The molecule has 0 spiro atoms. The molecule has 4 heteroatoms. The van der Waals surface area contributed by atoms with Gasteiger partial charge in [0.05, 0.1) is 0 Å².